The molecule has 0 unspecified atom stereocenters. The van der Waals surface area contributed by atoms with Crippen LogP contribution < -0.4 is 0 Å². The SMILES string of the molecule is [CH2][C@H]1O[C@@H](n2cnc3c(-c4cccc(C(C)C)c4)ncnc32)[C@H](O)[C@@H]1O. The maximum atomic E-state index is 10.2. The van der Waals surface area contributed by atoms with Gasteiger partial charge in [-0.15, -0.1) is 0 Å². The Hall–Kier alpha value is -2.35. The van der Waals surface area contributed by atoms with E-state index >= 15 is 0 Å². The molecule has 2 aromatic heterocycles. The first-order valence-electron chi connectivity index (χ1n) is 8.60. The molecule has 7 nitrogen and oxygen atoms in total. The highest BCUT2D eigenvalue weighted by atomic mass is 16.6. The smallest absolute Gasteiger partial charge is 0.166 e. The van der Waals surface area contributed by atoms with E-state index < -0.39 is 24.5 Å². The van der Waals surface area contributed by atoms with E-state index in [1.54, 1.807) is 10.9 Å². The van der Waals surface area contributed by atoms with E-state index in [2.05, 4.69) is 47.9 Å². The molecular formula is C19H21N4O3. The lowest BCUT2D eigenvalue weighted by Gasteiger charge is -2.16. The van der Waals surface area contributed by atoms with Crippen LogP contribution in [0.2, 0.25) is 0 Å². The Balaban J connectivity index is 1.80. The van der Waals surface area contributed by atoms with E-state index in [1.165, 1.54) is 11.9 Å². The van der Waals surface area contributed by atoms with Crippen LogP contribution in [0, 0.1) is 6.92 Å². The zero-order valence-electron chi connectivity index (χ0n) is 14.6. The van der Waals surface area contributed by atoms with Crippen LogP contribution >= 0.6 is 0 Å². The van der Waals surface area contributed by atoms with Gasteiger partial charge in [-0.1, -0.05) is 32.0 Å². The second-order valence-corrected chi connectivity index (χ2v) is 6.87. The number of benzene rings is 1. The molecule has 1 saturated heterocycles. The number of imidazole rings is 1. The molecule has 3 aromatic rings. The fourth-order valence-electron chi connectivity index (χ4n) is 3.25. The van der Waals surface area contributed by atoms with Crippen LogP contribution in [0.5, 0.6) is 0 Å². The second kappa shape index (κ2) is 6.42. The molecule has 4 atom stereocenters. The molecule has 0 bridgehead atoms. The van der Waals surface area contributed by atoms with Crippen LogP contribution in [0.4, 0.5) is 0 Å². The minimum absolute atomic E-state index is 0.405. The Morgan fingerprint density at radius 1 is 1.15 bits per heavy atom. The molecule has 7 heteroatoms. The molecule has 135 valence electrons. The number of rotatable bonds is 3. The summed E-state index contributed by atoms with van der Waals surface area (Å²) in [7, 11) is 0. The van der Waals surface area contributed by atoms with Gasteiger partial charge in [0.1, 0.15) is 29.7 Å². The maximum absolute atomic E-state index is 10.2. The van der Waals surface area contributed by atoms with Crippen molar-refractivity contribution in [3.05, 3.63) is 49.4 Å². The highest BCUT2D eigenvalue weighted by molar-refractivity contribution is 5.87. The van der Waals surface area contributed by atoms with Crippen molar-refractivity contribution in [1.29, 1.82) is 0 Å². The number of aromatic nitrogens is 4. The number of hydrogen-bond acceptors (Lipinski definition) is 6. The normalized spacial score (nSPS) is 26.1. The first kappa shape index (κ1) is 17.1. The van der Waals surface area contributed by atoms with E-state index in [0.717, 1.165) is 11.3 Å². The summed E-state index contributed by atoms with van der Waals surface area (Å²) in [5.41, 5.74) is 4.04. The van der Waals surface area contributed by atoms with Gasteiger partial charge < -0.3 is 14.9 Å². The van der Waals surface area contributed by atoms with E-state index in [-0.39, 0.29) is 0 Å². The summed E-state index contributed by atoms with van der Waals surface area (Å²) in [5, 5.41) is 20.2. The van der Waals surface area contributed by atoms with Gasteiger partial charge in [-0.25, -0.2) is 15.0 Å². The number of aliphatic hydroxyl groups is 2. The lowest BCUT2D eigenvalue weighted by molar-refractivity contribution is -0.0249. The van der Waals surface area contributed by atoms with Crippen LogP contribution in [-0.4, -0.2) is 48.0 Å². The Kier molecular flexibility index (Phi) is 4.22. The lowest BCUT2D eigenvalue weighted by Crippen LogP contribution is -2.30. The lowest BCUT2D eigenvalue weighted by atomic mass is 9.99. The summed E-state index contributed by atoms with van der Waals surface area (Å²) in [6, 6.07) is 8.18. The number of nitrogens with zero attached hydrogens (tertiary/aromatic N) is 4. The van der Waals surface area contributed by atoms with Gasteiger partial charge in [0.2, 0.25) is 0 Å². The van der Waals surface area contributed by atoms with Crippen molar-refractivity contribution in [3.8, 4) is 11.3 Å². The second-order valence-electron chi connectivity index (χ2n) is 6.87. The summed E-state index contributed by atoms with van der Waals surface area (Å²) in [6.45, 7) is 7.98. The largest absolute Gasteiger partial charge is 0.388 e. The molecule has 0 spiro atoms. The Morgan fingerprint density at radius 3 is 2.65 bits per heavy atom. The van der Waals surface area contributed by atoms with Crippen molar-refractivity contribution >= 4 is 11.2 Å². The third-order valence-electron chi connectivity index (χ3n) is 4.80. The highest BCUT2D eigenvalue weighted by Crippen LogP contribution is 2.33. The van der Waals surface area contributed by atoms with Crippen LogP contribution in [0.25, 0.3) is 22.4 Å². The minimum Gasteiger partial charge on any atom is -0.388 e. The molecule has 1 aliphatic heterocycles. The number of aliphatic hydroxyl groups excluding tert-OH is 2. The topological polar surface area (TPSA) is 93.3 Å². The standard InChI is InChI=1S/C19H21N4O3/c1-10(2)12-5-4-6-13(7-12)14-15-18(21-8-20-14)23(9-22-15)19-17(25)16(24)11(3)26-19/h4-11,16-17,19,24-25H,3H2,1-2H3/t11-,16-,17-,19-/m1/s1. The molecule has 0 saturated carbocycles. The average Bonchev–Trinajstić information content (AvgIpc) is 3.18. The fraction of sp³-hybridized carbons (Fsp3) is 0.368. The van der Waals surface area contributed by atoms with E-state index in [0.29, 0.717) is 17.1 Å². The van der Waals surface area contributed by atoms with Gasteiger partial charge in [0.25, 0.3) is 0 Å². The molecule has 1 fully saturated rings. The van der Waals surface area contributed by atoms with Crippen LogP contribution in [0.15, 0.2) is 36.9 Å². The first-order valence-corrected chi connectivity index (χ1v) is 8.60. The van der Waals surface area contributed by atoms with Crippen LogP contribution in [-0.2, 0) is 4.74 Å². The Bertz CT molecular complexity index is 939. The molecule has 4 rings (SSSR count). The van der Waals surface area contributed by atoms with Gasteiger partial charge in [-0.3, -0.25) is 4.57 Å². The molecule has 2 N–H and O–H groups in total. The first-order chi connectivity index (χ1) is 12.5. The maximum Gasteiger partial charge on any atom is 0.166 e. The van der Waals surface area contributed by atoms with Crippen molar-refractivity contribution in [3.63, 3.8) is 0 Å². The number of hydrogen-bond donors (Lipinski definition) is 2. The average molecular weight is 353 g/mol. The zero-order valence-corrected chi connectivity index (χ0v) is 14.6. The van der Waals surface area contributed by atoms with Crippen molar-refractivity contribution < 1.29 is 14.9 Å². The minimum atomic E-state index is -1.10. The van der Waals surface area contributed by atoms with E-state index in [4.69, 9.17) is 4.74 Å². The van der Waals surface area contributed by atoms with Gasteiger partial charge in [0.15, 0.2) is 11.9 Å². The van der Waals surface area contributed by atoms with Crippen molar-refractivity contribution in [2.24, 2.45) is 0 Å². The summed E-state index contributed by atoms with van der Waals surface area (Å²) >= 11 is 0. The van der Waals surface area contributed by atoms with Gasteiger partial charge in [-0.05, 0) is 24.5 Å². The summed E-state index contributed by atoms with van der Waals surface area (Å²) in [6.07, 6.45) is -0.636. The Labute approximate surface area is 151 Å². The third kappa shape index (κ3) is 2.68. The predicted octanol–water partition coefficient (Wildman–Crippen LogP) is 2.07. The van der Waals surface area contributed by atoms with E-state index in [1.807, 2.05) is 12.1 Å². The van der Waals surface area contributed by atoms with Crippen LogP contribution in [0.3, 0.4) is 0 Å². The number of fused-ring (bicyclic) bond motifs is 1. The summed E-state index contributed by atoms with van der Waals surface area (Å²) in [5.74, 6) is 0.405. The van der Waals surface area contributed by atoms with Crippen LogP contribution in [0.1, 0.15) is 31.6 Å². The van der Waals surface area contributed by atoms with Gasteiger partial charge >= 0.3 is 0 Å². The molecule has 0 aliphatic carbocycles. The van der Waals surface area contributed by atoms with Crippen molar-refractivity contribution in [2.45, 2.75) is 44.3 Å². The molecule has 0 amide bonds. The summed E-state index contributed by atoms with van der Waals surface area (Å²) in [4.78, 5) is 13.2. The van der Waals surface area contributed by atoms with Gasteiger partial charge in [-0.2, -0.15) is 0 Å². The molecule has 1 aromatic carbocycles. The fourth-order valence-corrected chi connectivity index (χ4v) is 3.25. The van der Waals surface area contributed by atoms with Crippen molar-refractivity contribution in [1.82, 2.24) is 19.5 Å². The molecular weight excluding hydrogens is 332 g/mol. The summed E-state index contributed by atoms with van der Waals surface area (Å²) < 4.78 is 7.20. The monoisotopic (exact) mass is 353 g/mol. The third-order valence-corrected chi connectivity index (χ3v) is 4.80. The predicted molar refractivity (Wildman–Crippen MR) is 96.1 cm³/mol. The molecule has 1 radical (unpaired) electrons. The molecule has 26 heavy (non-hydrogen) atoms. The van der Waals surface area contributed by atoms with Gasteiger partial charge in [0, 0.05) is 5.56 Å². The Morgan fingerprint density at radius 2 is 1.96 bits per heavy atom. The van der Waals surface area contributed by atoms with Gasteiger partial charge in [0.05, 0.1) is 12.4 Å². The van der Waals surface area contributed by atoms with Crippen molar-refractivity contribution in [2.75, 3.05) is 0 Å². The highest BCUT2D eigenvalue weighted by Gasteiger charge is 2.42. The molecule has 3 heterocycles. The number of ether oxygens (including phenoxy) is 1. The molecule has 1 aliphatic rings. The zero-order chi connectivity index (χ0) is 18.4. The quantitative estimate of drug-likeness (QED) is 0.749. The van der Waals surface area contributed by atoms with E-state index in [9.17, 15) is 10.2 Å².